The number of hydrogen-bond donors (Lipinski definition) is 0. The van der Waals surface area contributed by atoms with Crippen LogP contribution in [-0.4, -0.2) is 34.4 Å². The monoisotopic (exact) mass is 301 g/mol. The molecule has 0 amide bonds. The van der Waals surface area contributed by atoms with Crippen LogP contribution in [0, 0.1) is 0 Å². The van der Waals surface area contributed by atoms with Crippen molar-refractivity contribution in [2.75, 3.05) is 7.11 Å². The molecule has 0 bridgehead atoms. The van der Waals surface area contributed by atoms with Gasteiger partial charge in [0.1, 0.15) is 5.69 Å². The fraction of sp³-hybridized carbons (Fsp3) is 0.375. The van der Waals surface area contributed by atoms with Gasteiger partial charge < -0.3 is 4.74 Å². The number of carbonyl (C=O) groups is 2. The molecule has 1 aromatic heterocycles. The van der Waals surface area contributed by atoms with Crippen LogP contribution in [0.15, 0.2) is 24.3 Å². The van der Waals surface area contributed by atoms with Gasteiger partial charge in [0.05, 0.1) is 24.9 Å². The van der Waals surface area contributed by atoms with Gasteiger partial charge in [-0.2, -0.15) is 0 Å². The summed E-state index contributed by atoms with van der Waals surface area (Å²) in [6, 6.07) is 7.08. The molecular weight excluding hydrogens is 282 g/mol. The molecule has 0 fully saturated rings. The van der Waals surface area contributed by atoms with E-state index in [9.17, 15) is 9.59 Å². The van der Waals surface area contributed by atoms with Crippen LogP contribution in [0.25, 0.3) is 0 Å². The first kappa shape index (κ1) is 15.9. The van der Waals surface area contributed by atoms with Crippen LogP contribution in [0.2, 0.25) is 0 Å². The van der Waals surface area contributed by atoms with Crippen LogP contribution >= 0.6 is 0 Å². The Morgan fingerprint density at radius 2 is 1.91 bits per heavy atom. The Morgan fingerprint density at radius 3 is 2.41 bits per heavy atom. The minimum atomic E-state index is -0.370. The van der Waals surface area contributed by atoms with Gasteiger partial charge in [-0.05, 0) is 17.7 Å². The average Bonchev–Trinajstić information content (AvgIpc) is 2.90. The largest absolute Gasteiger partial charge is 0.465 e. The maximum Gasteiger partial charge on any atom is 0.337 e. The van der Waals surface area contributed by atoms with Gasteiger partial charge in [-0.25, -0.2) is 9.48 Å². The van der Waals surface area contributed by atoms with Crippen molar-refractivity contribution in [3.63, 3.8) is 0 Å². The number of aromatic nitrogens is 3. The SMILES string of the molecule is COC(=O)c1ccc(Cn2nnc(C=O)c2C(C)(C)C)cc1. The highest BCUT2D eigenvalue weighted by molar-refractivity contribution is 5.89. The third-order valence-electron chi connectivity index (χ3n) is 3.29. The summed E-state index contributed by atoms with van der Waals surface area (Å²) in [4.78, 5) is 22.5. The third-order valence-corrected chi connectivity index (χ3v) is 3.29. The number of nitrogens with zero attached hydrogens (tertiary/aromatic N) is 3. The number of methoxy groups -OCH3 is 1. The Labute approximate surface area is 129 Å². The molecule has 2 rings (SSSR count). The molecule has 0 saturated carbocycles. The molecule has 1 aromatic carbocycles. The van der Waals surface area contributed by atoms with E-state index in [0.717, 1.165) is 17.5 Å². The lowest BCUT2D eigenvalue weighted by atomic mass is 9.90. The zero-order valence-electron chi connectivity index (χ0n) is 13.2. The fourth-order valence-electron chi connectivity index (χ4n) is 2.32. The number of hydrogen-bond acceptors (Lipinski definition) is 5. The van der Waals surface area contributed by atoms with Gasteiger partial charge in [-0.15, -0.1) is 5.10 Å². The van der Waals surface area contributed by atoms with Crippen LogP contribution in [-0.2, 0) is 16.7 Å². The molecule has 22 heavy (non-hydrogen) atoms. The van der Waals surface area contributed by atoms with Crippen molar-refractivity contribution >= 4 is 12.3 Å². The van der Waals surface area contributed by atoms with Crippen LogP contribution < -0.4 is 0 Å². The number of rotatable bonds is 4. The first-order valence-electron chi connectivity index (χ1n) is 6.93. The van der Waals surface area contributed by atoms with E-state index in [4.69, 9.17) is 0 Å². The fourth-order valence-corrected chi connectivity index (χ4v) is 2.32. The Balaban J connectivity index is 2.30. The Morgan fingerprint density at radius 1 is 1.27 bits per heavy atom. The Kier molecular flexibility index (Phi) is 4.40. The van der Waals surface area contributed by atoms with Crippen LogP contribution in [0.3, 0.4) is 0 Å². The van der Waals surface area contributed by atoms with E-state index in [1.807, 2.05) is 32.9 Å². The molecule has 1 heterocycles. The molecule has 2 aromatic rings. The maximum absolute atomic E-state index is 11.4. The molecule has 0 unspecified atom stereocenters. The molecule has 0 radical (unpaired) electrons. The second kappa shape index (κ2) is 6.09. The van der Waals surface area contributed by atoms with Gasteiger partial charge in [0.2, 0.25) is 0 Å². The average molecular weight is 301 g/mol. The first-order chi connectivity index (χ1) is 10.4. The minimum absolute atomic E-state index is 0.244. The summed E-state index contributed by atoms with van der Waals surface area (Å²) in [6.07, 6.45) is 0.727. The number of esters is 1. The number of aldehydes is 1. The van der Waals surface area contributed by atoms with Crippen molar-refractivity contribution in [1.82, 2.24) is 15.0 Å². The lowest BCUT2D eigenvalue weighted by Gasteiger charge is -2.20. The van der Waals surface area contributed by atoms with E-state index >= 15 is 0 Å². The van der Waals surface area contributed by atoms with Gasteiger partial charge >= 0.3 is 5.97 Å². The molecule has 116 valence electrons. The second-order valence-corrected chi connectivity index (χ2v) is 6.04. The molecule has 0 saturated heterocycles. The predicted octanol–water partition coefficient (Wildman–Crippen LogP) is 2.22. The highest BCUT2D eigenvalue weighted by Gasteiger charge is 2.25. The normalized spacial score (nSPS) is 11.3. The zero-order valence-corrected chi connectivity index (χ0v) is 13.2. The standard InChI is InChI=1S/C16H19N3O3/c1-16(2,3)14-13(10-20)17-18-19(14)9-11-5-7-12(8-6-11)15(21)22-4/h5-8,10H,9H2,1-4H3. The quantitative estimate of drug-likeness (QED) is 0.639. The van der Waals surface area contributed by atoms with Gasteiger partial charge in [-0.3, -0.25) is 4.79 Å². The molecular formula is C16H19N3O3. The van der Waals surface area contributed by atoms with Crippen molar-refractivity contribution in [3.05, 3.63) is 46.8 Å². The molecule has 6 nitrogen and oxygen atoms in total. The van der Waals surface area contributed by atoms with Crippen molar-refractivity contribution < 1.29 is 14.3 Å². The second-order valence-electron chi connectivity index (χ2n) is 6.04. The van der Waals surface area contributed by atoms with Crippen molar-refractivity contribution in [2.45, 2.75) is 32.7 Å². The summed E-state index contributed by atoms with van der Waals surface area (Å²) >= 11 is 0. The van der Waals surface area contributed by atoms with Crippen molar-refractivity contribution in [3.8, 4) is 0 Å². The Hall–Kier alpha value is -2.50. The summed E-state index contributed by atoms with van der Waals surface area (Å²) in [5.41, 5.74) is 2.36. The van der Waals surface area contributed by atoms with Crippen LogP contribution in [0.1, 0.15) is 52.9 Å². The third kappa shape index (κ3) is 3.21. The molecule has 6 heteroatoms. The van der Waals surface area contributed by atoms with Gasteiger partial charge in [0.15, 0.2) is 6.29 Å². The van der Waals surface area contributed by atoms with E-state index in [-0.39, 0.29) is 11.4 Å². The van der Waals surface area contributed by atoms with Crippen molar-refractivity contribution in [2.24, 2.45) is 0 Å². The maximum atomic E-state index is 11.4. The van der Waals surface area contributed by atoms with E-state index in [1.165, 1.54) is 7.11 Å². The Bertz CT molecular complexity index is 682. The highest BCUT2D eigenvalue weighted by Crippen LogP contribution is 2.24. The van der Waals surface area contributed by atoms with Gasteiger partial charge in [0.25, 0.3) is 0 Å². The van der Waals surface area contributed by atoms with E-state index < -0.39 is 0 Å². The molecule has 0 atom stereocenters. The van der Waals surface area contributed by atoms with Gasteiger partial charge in [-0.1, -0.05) is 38.1 Å². The van der Waals surface area contributed by atoms with Crippen LogP contribution in [0.5, 0.6) is 0 Å². The number of carbonyl (C=O) groups excluding carboxylic acids is 2. The molecule has 0 aliphatic rings. The highest BCUT2D eigenvalue weighted by atomic mass is 16.5. The lowest BCUT2D eigenvalue weighted by molar-refractivity contribution is 0.0600. The summed E-state index contributed by atoms with van der Waals surface area (Å²) in [7, 11) is 1.35. The predicted molar refractivity (Wildman–Crippen MR) is 81.0 cm³/mol. The molecule has 0 spiro atoms. The van der Waals surface area contributed by atoms with E-state index in [1.54, 1.807) is 16.8 Å². The summed E-state index contributed by atoms with van der Waals surface area (Å²) in [6.45, 7) is 6.51. The van der Waals surface area contributed by atoms with E-state index in [2.05, 4.69) is 15.0 Å². The summed E-state index contributed by atoms with van der Waals surface area (Å²) < 4.78 is 6.39. The summed E-state index contributed by atoms with van der Waals surface area (Å²) in [5, 5.41) is 7.99. The number of ether oxygens (including phenoxy) is 1. The molecule has 0 aliphatic heterocycles. The summed E-state index contributed by atoms with van der Waals surface area (Å²) in [5.74, 6) is -0.370. The molecule has 0 aliphatic carbocycles. The number of benzene rings is 1. The first-order valence-corrected chi connectivity index (χ1v) is 6.93. The molecule has 0 N–H and O–H groups in total. The van der Waals surface area contributed by atoms with Gasteiger partial charge in [0, 0.05) is 5.41 Å². The zero-order chi connectivity index (χ0) is 16.3. The van der Waals surface area contributed by atoms with E-state index in [0.29, 0.717) is 17.8 Å². The topological polar surface area (TPSA) is 74.1 Å². The van der Waals surface area contributed by atoms with Crippen molar-refractivity contribution in [1.29, 1.82) is 0 Å². The van der Waals surface area contributed by atoms with Crippen LogP contribution in [0.4, 0.5) is 0 Å². The smallest absolute Gasteiger partial charge is 0.337 e. The lowest BCUT2D eigenvalue weighted by Crippen LogP contribution is -2.20. The minimum Gasteiger partial charge on any atom is -0.465 e.